The lowest BCUT2D eigenvalue weighted by Gasteiger charge is -2.33. The number of piperazine rings is 1. The van der Waals surface area contributed by atoms with Crippen molar-refractivity contribution in [2.24, 2.45) is 11.8 Å². The molecule has 6 aromatic rings. The zero-order valence-corrected chi connectivity index (χ0v) is 42.8. The maximum Gasteiger partial charge on any atom is 0.258 e. The third-order valence-corrected chi connectivity index (χ3v) is 11.7. The molecule has 67 heavy (non-hydrogen) atoms. The Morgan fingerprint density at radius 3 is 1.52 bits per heavy atom. The molecule has 1 aliphatic heterocycles. The second-order valence-electron chi connectivity index (χ2n) is 16.8. The number of aromatic nitrogens is 6. The predicted molar refractivity (Wildman–Crippen MR) is 272 cm³/mol. The van der Waals surface area contributed by atoms with E-state index in [2.05, 4.69) is 75.3 Å². The van der Waals surface area contributed by atoms with E-state index in [1.165, 1.54) is 12.3 Å². The molecule has 0 radical (unpaired) electrons. The molecule has 2 amide bonds. The number of halogens is 6. The third kappa shape index (κ3) is 15.1. The summed E-state index contributed by atoms with van der Waals surface area (Å²) in [4.78, 5) is 38.1. The Balaban J connectivity index is 0.000000251. The first-order valence-electron chi connectivity index (χ1n) is 21.4. The Bertz CT molecular complexity index is 2650. The van der Waals surface area contributed by atoms with Crippen LogP contribution >= 0.6 is 70.4 Å². The minimum atomic E-state index is -0.380. The summed E-state index contributed by atoms with van der Waals surface area (Å²) < 4.78 is 15.5. The monoisotopic (exact) mass is 1030 g/mol. The summed E-state index contributed by atoms with van der Waals surface area (Å²) in [5.41, 5.74) is 4.25. The molecule has 5 heterocycles. The fourth-order valence-corrected chi connectivity index (χ4v) is 7.60. The van der Waals surface area contributed by atoms with E-state index in [4.69, 9.17) is 67.5 Å². The van der Waals surface area contributed by atoms with Gasteiger partial charge in [-0.2, -0.15) is 10.2 Å². The standard InChI is InChI=1S/C26H32Cl2N6O2.C21H21Cl3N4O2.ClH/c1-17(2)16-36-23-6-5-21(27)12-20(23)15-34-18(3)11-24(31-34)30-26(35)19-13-22(28)25(29-14-19)33-9-7-32(4)8-10-33;1-12(2)11-30-18-5-4-16(22)7-15(18)10-28-13(3)6-19(27-28)26-21(29)14-8-17(23)20(24)25-9-14;/h5-6,11-14,17H,7-10,15-16H2,1-4H3,(H,30,31,35);4-9,12H,10-11H2,1-3H3,(H,26,27,29);1H. The normalized spacial score (nSPS) is 12.7. The van der Waals surface area contributed by atoms with Gasteiger partial charge in [0.15, 0.2) is 11.6 Å². The van der Waals surface area contributed by atoms with Crippen molar-refractivity contribution < 1.29 is 19.1 Å². The number of likely N-dealkylation sites (N-methyl/N-ethyl adjacent to an activating group) is 1. The predicted octanol–water partition coefficient (Wildman–Crippen LogP) is 11.3. The van der Waals surface area contributed by atoms with Crippen molar-refractivity contribution in [1.29, 1.82) is 0 Å². The van der Waals surface area contributed by atoms with Gasteiger partial charge in [0.1, 0.15) is 22.5 Å². The number of hydrogen-bond acceptors (Lipinski definition) is 10. The number of anilines is 3. The Labute approximate surface area is 422 Å². The van der Waals surface area contributed by atoms with Crippen LogP contribution in [0, 0.1) is 25.7 Å². The lowest BCUT2D eigenvalue weighted by atomic mass is 10.2. The van der Waals surface area contributed by atoms with Crippen molar-refractivity contribution in [3.8, 4) is 11.5 Å². The van der Waals surface area contributed by atoms with E-state index in [9.17, 15) is 9.59 Å². The molecule has 14 nitrogen and oxygen atoms in total. The fourth-order valence-electron chi connectivity index (χ4n) is 6.65. The van der Waals surface area contributed by atoms with Crippen LogP contribution in [-0.2, 0) is 13.1 Å². The molecule has 0 spiro atoms. The van der Waals surface area contributed by atoms with Gasteiger partial charge in [-0.15, -0.1) is 12.4 Å². The Morgan fingerprint density at radius 2 is 1.09 bits per heavy atom. The van der Waals surface area contributed by atoms with E-state index in [1.54, 1.807) is 29.1 Å². The maximum absolute atomic E-state index is 12.9. The average molecular weight is 1040 g/mol. The molecule has 0 aliphatic carbocycles. The molecule has 20 heteroatoms. The number of amides is 2. The highest BCUT2D eigenvalue weighted by Gasteiger charge is 2.21. The van der Waals surface area contributed by atoms with Crippen LogP contribution in [0.1, 0.15) is 70.9 Å². The fraction of sp³-hybridized carbons (Fsp3) is 0.362. The van der Waals surface area contributed by atoms with Gasteiger partial charge in [0, 0.05) is 83.3 Å². The van der Waals surface area contributed by atoms with Gasteiger partial charge in [-0.25, -0.2) is 9.97 Å². The molecule has 0 saturated carbocycles. The van der Waals surface area contributed by atoms with Crippen LogP contribution in [0.4, 0.5) is 17.5 Å². The Morgan fingerprint density at radius 1 is 0.642 bits per heavy atom. The number of carbonyl (C=O) groups is 2. The van der Waals surface area contributed by atoms with Crippen LogP contribution in [0.2, 0.25) is 25.2 Å². The second kappa shape index (κ2) is 24.5. The molecule has 358 valence electrons. The van der Waals surface area contributed by atoms with Crippen LogP contribution in [0.5, 0.6) is 11.5 Å². The van der Waals surface area contributed by atoms with Crippen LogP contribution in [0.3, 0.4) is 0 Å². The molecule has 2 N–H and O–H groups in total. The lowest BCUT2D eigenvalue weighted by Crippen LogP contribution is -2.45. The van der Waals surface area contributed by atoms with Gasteiger partial charge in [-0.05, 0) is 81.3 Å². The molecule has 0 atom stereocenters. The molecular weight excluding hydrogens is 981 g/mol. The Kier molecular flexibility index (Phi) is 19.4. The number of aryl methyl sites for hydroxylation is 2. The summed E-state index contributed by atoms with van der Waals surface area (Å²) in [5, 5.41) is 16.7. The third-order valence-electron chi connectivity index (χ3n) is 10.2. The molecule has 0 unspecified atom stereocenters. The van der Waals surface area contributed by atoms with E-state index in [0.29, 0.717) is 76.2 Å². The first kappa shape index (κ1) is 53.2. The van der Waals surface area contributed by atoms with E-state index in [-0.39, 0.29) is 40.0 Å². The van der Waals surface area contributed by atoms with Gasteiger partial charge < -0.3 is 29.9 Å². The van der Waals surface area contributed by atoms with Gasteiger partial charge in [-0.3, -0.25) is 19.0 Å². The van der Waals surface area contributed by atoms with E-state index >= 15 is 0 Å². The van der Waals surface area contributed by atoms with Crippen molar-refractivity contribution in [1.82, 2.24) is 34.4 Å². The molecule has 1 aliphatic rings. The molecule has 2 aromatic carbocycles. The van der Waals surface area contributed by atoms with Crippen molar-refractivity contribution in [2.45, 2.75) is 54.6 Å². The topological polar surface area (TPSA) is 145 Å². The number of pyridine rings is 2. The summed E-state index contributed by atoms with van der Waals surface area (Å²) in [6.07, 6.45) is 2.92. The number of nitrogens with one attached hydrogen (secondary N) is 2. The zero-order chi connectivity index (χ0) is 47.7. The number of benzene rings is 2. The first-order valence-corrected chi connectivity index (χ1v) is 23.3. The Hall–Kier alpha value is -4.80. The molecule has 7 rings (SSSR count). The van der Waals surface area contributed by atoms with Crippen molar-refractivity contribution in [3.05, 3.63) is 132 Å². The average Bonchev–Trinajstić information content (AvgIpc) is 3.79. The van der Waals surface area contributed by atoms with Crippen molar-refractivity contribution in [2.75, 3.05) is 62.0 Å². The van der Waals surface area contributed by atoms with Crippen molar-refractivity contribution >= 4 is 99.7 Å². The minimum Gasteiger partial charge on any atom is -0.493 e. The second-order valence-corrected chi connectivity index (χ2v) is 18.8. The number of nitrogens with zero attached hydrogens (tertiary/aromatic N) is 8. The summed E-state index contributed by atoms with van der Waals surface area (Å²) in [6, 6.07) is 17.8. The molecule has 4 aromatic heterocycles. The SMILES string of the molecule is Cc1cc(NC(=O)c2cnc(Cl)c(Cl)c2)nn1Cc1cc(Cl)ccc1OCC(C)C.Cc1cc(NC(=O)c2cnc(N3CCN(C)CC3)c(Cl)c2)nn1Cc1cc(Cl)ccc1OCC(C)C.Cl. The van der Waals surface area contributed by atoms with E-state index < -0.39 is 0 Å². The summed E-state index contributed by atoms with van der Waals surface area (Å²) >= 11 is 30.7. The number of rotatable bonds is 15. The number of carbonyl (C=O) groups excluding carboxylic acids is 2. The highest BCUT2D eigenvalue weighted by molar-refractivity contribution is 6.41. The lowest BCUT2D eigenvalue weighted by molar-refractivity contribution is 0.101. The number of hydrogen-bond donors (Lipinski definition) is 2. The highest BCUT2D eigenvalue weighted by atomic mass is 35.5. The molecule has 1 saturated heterocycles. The zero-order valence-electron chi connectivity index (χ0n) is 38.2. The summed E-state index contributed by atoms with van der Waals surface area (Å²) in [6.45, 7) is 17.9. The van der Waals surface area contributed by atoms with Gasteiger partial charge in [-0.1, -0.05) is 85.7 Å². The quantitative estimate of drug-likeness (QED) is 0.0954. The summed E-state index contributed by atoms with van der Waals surface area (Å²) in [7, 11) is 2.09. The van der Waals surface area contributed by atoms with Crippen LogP contribution < -0.4 is 25.0 Å². The van der Waals surface area contributed by atoms with E-state index in [0.717, 1.165) is 60.2 Å². The van der Waals surface area contributed by atoms with Crippen LogP contribution in [0.15, 0.2) is 73.1 Å². The van der Waals surface area contributed by atoms with E-state index in [1.807, 2.05) is 54.9 Å². The summed E-state index contributed by atoms with van der Waals surface area (Å²) in [5.74, 6) is 3.21. The van der Waals surface area contributed by atoms with Crippen molar-refractivity contribution in [3.63, 3.8) is 0 Å². The van der Waals surface area contributed by atoms with Crippen LogP contribution in [0.25, 0.3) is 0 Å². The molecule has 0 bridgehead atoms. The van der Waals surface area contributed by atoms with Gasteiger partial charge in [0.05, 0.1) is 47.5 Å². The minimum absolute atomic E-state index is 0. The van der Waals surface area contributed by atoms with Gasteiger partial charge in [0.2, 0.25) is 0 Å². The largest absolute Gasteiger partial charge is 0.493 e. The van der Waals surface area contributed by atoms with Crippen LogP contribution in [-0.4, -0.2) is 92.7 Å². The maximum atomic E-state index is 12.9. The first-order chi connectivity index (χ1) is 31.4. The highest BCUT2D eigenvalue weighted by Crippen LogP contribution is 2.29. The smallest absolute Gasteiger partial charge is 0.258 e. The molecule has 1 fully saturated rings. The molecular formula is C47H54Cl6N10O4. The van der Waals surface area contributed by atoms with Gasteiger partial charge in [0.25, 0.3) is 11.8 Å². The van der Waals surface area contributed by atoms with Gasteiger partial charge >= 0.3 is 0 Å². The number of ether oxygens (including phenoxy) is 2.